The van der Waals surface area contributed by atoms with Crippen LogP contribution in [0.1, 0.15) is 18.2 Å². The lowest BCUT2D eigenvalue weighted by Crippen LogP contribution is -2.04. The number of hydrogen-bond donors (Lipinski definition) is 1. The van der Waals surface area contributed by atoms with Gasteiger partial charge in [0.1, 0.15) is 0 Å². The number of esters is 1. The van der Waals surface area contributed by atoms with Crippen LogP contribution in [0, 0.1) is 0 Å². The summed E-state index contributed by atoms with van der Waals surface area (Å²) in [5.74, 6) is -3.61. The van der Waals surface area contributed by atoms with Gasteiger partial charge in [-0.1, -0.05) is 0 Å². The average molecular weight is 136 g/mol. The fourth-order valence-electron chi connectivity index (χ4n) is 0.156. The van der Waals surface area contributed by atoms with Crippen LogP contribution in [0.2, 0.25) is 0 Å². The van der Waals surface area contributed by atoms with Gasteiger partial charge in [-0.25, -0.2) is 0 Å². The second-order valence-corrected chi connectivity index (χ2v) is 1.05. The first kappa shape index (κ1) is 3.20. The summed E-state index contributed by atoms with van der Waals surface area (Å²) in [4.78, 5) is 20.9. The van der Waals surface area contributed by atoms with Gasteiger partial charge in [-0.15, -0.1) is 0 Å². The van der Waals surface area contributed by atoms with Crippen LogP contribution in [0.5, 0.6) is 0 Å². The molecular weight excluding hydrogens is 124 g/mol. The Labute approximate surface area is 58.0 Å². The van der Waals surface area contributed by atoms with Crippen LogP contribution >= 0.6 is 0 Å². The molecule has 0 aliphatic rings. The van der Waals surface area contributed by atoms with Gasteiger partial charge in [0, 0.05) is 5.48 Å². The SMILES string of the molecule is [2H]C([2H])(C(=O)O)C([2H])([2H])C(=O)OC. The van der Waals surface area contributed by atoms with Gasteiger partial charge < -0.3 is 9.84 Å². The Morgan fingerprint density at radius 3 is 2.56 bits per heavy atom. The molecule has 0 fully saturated rings. The van der Waals surface area contributed by atoms with Gasteiger partial charge in [0.25, 0.3) is 0 Å². The predicted molar refractivity (Wildman–Crippen MR) is 28.9 cm³/mol. The van der Waals surface area contributed by atoms with Crippen LogP contribution in [-0.4, -0.2) is 24.2 Å². The van der Waals surface area contributed by atoms with Crippen LogP contribution in [0.4, 0.5) is 0 Å². The van der Waals surface area contributed by atoms with Crippen molar-refractivity contribution in [3.8, 4) is 0 Å². The van der Waals surface area contributed by atoms with Crippen molar-refractivity contribution in [3.05, 3.63) is 0 Å². The lowest BCUT2D eigenvalue weighted by Gasteiger charge is -1.92. The van der Waals surface area contributed by atoms with Crippen molar-refractivity contribution >= 4 is 11.9 Å². The van der Waals surface area contributed by atoms with Crippen LogP contribution < -0.4 is 0 Å². The van der Waals surface area contributed by atoms with E-state index in [0.717, 1.165) is 7.11 Å². The van der Waals surface area contributed by atoms with Crippen molar-refractivity contribution in [2.75, 3.05) is 7.11 Å². The van der Waals surface area contributed by atoms with E-state index in [1.807, 2.05) is 0 Å². The monoisotopic (exact) mass is 136 g/mol. The van der Waals surface area contributed by atoms with E-state index in [1.165, 1.54) is 0 Å². The molecule has 52 valence electrons. The first-order valence-corrected chi connectivity index (χ1v) is 1.99. The third-order valence-corrected chi connectivity index (χ3v) is 0.457. The quantitative estimate of drug-likeness (QED) is 0.556. The molecule has 0 atom stereocenters. The maximum absolute atomic E-state index is 10.7. The Morgan fingerprint density at radius 2 is 2.22 bits per heavy atom. The smallest absolute Gasteiger partial charge is 0.306 e. The number of carbonyl (C=O) groups excluding carboxylic acids is 1. The van der Waals surface area contributed by atoms with Crippen molar-refractivity contribution in [3.63, 3.8) is 0 Å². The zero-order chi connectivity index (χ0) is 10.9. The highest BCUT2D eigenvalue weighted by Crippen LogP contribution is 1.89. The van der Waals surface area contributed by atoms with Gasteiger partial charge in [0.2, 0.25) is 0 Å². The van der Waals surface area contributed by atoms with E-state index in [2.05, 4.69) is 4.74 Å². The first-order valence-electron chi connectivity index (χ1n) is 3.99. The van der Waals surface area contributed by atoms with Crippen LogP contribution in [-0.2, 0) is 14.3 Å². The summed E-state index contributed by atoms with van der Waals surface area (Å²) >= 11 is 0. The van der Waals surface area contributed by atoms with E-state index in [9.17, 15) is 9.59 Å². The Hall–Kier alpha value is -1.06. The van der Waals surface area contributed by atoms with Crippen molar-refractivity contribution in [1.29, 1.82) is 0 Å². The Bertz CT molecular complexity index is 237. The normalized spacial score (nSPS) is 18.3. The Kier molecular flexibility index (Phi) is 1.38. The molecule has 0 aliphatic heterocycles. The fourth-order valence-corrected chi connectivity index (χ4v) is 0.156. The van der Waals surface area contributed by atoms with Gasteiger partial charge in [0.15, 0.2) is 0 Å². The first-order chi connectivity index (χ1) is 5.67. The molecule has 0 aliphatic carbocycles. The molecule has 1 N–H and O–H groups in total. The molecule has 0 spiro atoms. The molecule has 9 heavy (non-hydrogen) atoms. The second kappa shape index (κ2) is 3.88. The van der Waals surface area contributed by atoms with Crippen molar-refractivity contribution in [2.24, 2.45) is 0 Å². The lowest BCUT2D eigenvalue weighted by atomic mass is 10.3. The number of carboxylic acids is 1. The van der Waals surface area contributed by atoms with E-state index in [0.29, 0.717) is 0 Å². The molecule has 4 nitrogen and oxygen atoms in total. The number of ether oxygens (including phenoxy) is 1. The predicted octanol–water partition coefficient (Wildman–Crippen LogP) is 0.0242. The fraction of sp³-hybridized carbons (Fsp3) is 0.600. The molecule has 0 heterocycles. The molecule has 0 amide bonds. The van der Waals surface area contributed by atoms with E-state index in [4.69, 9.17) is 10.6 Å². The molecule has 0 bridgehead atoms. The van der Waals surface area contributed by atoms with Crippen LogP contribution in [0.3, 0.4) is 0 Å². The molecule has 0 saturated carbocycles. The molecule has 0 radical (unpaired) electrons. The number of aliphatic carboxylic acids is 1. The minimum Gasteiger partial charge on any atom is -0.481 e. The van der Waals surface area contributed by atoms with Gasteiger partial charge in [0.05, 0.1) is 19.9 Å². The topological polar surface area (TPSA) is 63.6 Å². The average Bonchev–Trinajstić information content (AvgIpc) is 2.02. The minimum absolute atomic E-state index is 0.845. The highest BCUT2D eigenvalue weighted by Gasteiger charge is 2.02. The lowest BCUT2D eigenvalue weighted by molar-refractivity contribution is -0.145. The van der Waals surface area contributed by atoms with Crippen molar-refractivity contribution < 1.29 is 24.9 Å². The highest BCUT2D eigenvalue weighted by atomic mass is 16.5. The van der Waals surface area contributed by atoms with Gasteiger partial charge in [-0.3, -0.25) is 9.59 Å². The number of methoxy groups -OCH3 is 1. The molecule has 0 rings (SSSR count). The van der Waals surface area contributed by atoms with Gasteiger partial charge in [-0.2, -0.15) is 0 Å². The maximum atomic E-state index is 10.7. The van der Waals surface area contributed by atoms with E-state index < -0.39 is 24.7 Å². The molecule has 0 aromatic rings. The molecular formula is C5H8O4. The van der Waals surface area contributed by atoms with Crippen molar-refractivity contribution in [1.82, 2.24) is 0 Å². The highest BCUT2D eigenvalue weighted by molar-refractivity contribution is 5.76. The number of carbonyl (C=O) groups is 2. The van der Waals surface area contributed by atoms with Gasteiger partial charge in [-0.05, 0) is 0 Å². The largest absolute Gasteiger partial charge is 0.481 e. The van der Waals surface area contributed by atoms with E-state index >= 15 is 0 Å². The van der Waals surface area contributed by atoms with E-state index in [-0.39, 0.29) is 0 Å². The summed E-state index contributed by atoms with van der Waals surface area (Å²) in [5, 5.41) is 8.30. The van der Waals surface area contributed by atoms with Gasteiger partial charge >= 0.3 is 11.9 Å². The standard InChI is InChI=1S/C5H8O4/c1-9-5(8)3-2-4(6)7/h2-3H2,1H3,(H,6,7)/i2D2,3D2. The number of hydrogen-bond acceptors (Lipinski definition) is 3. The Balaban J connectivity index is 5.02. The molecule has 0 aromatic carbocycles. The molecule has 0 unspecified atom stereocenters. The summed E-state index contributed by atoms with van der Waals surface area (Å²) in [6.07, 6.45) is -6.51. The zero-order valence-corrected chi connectivity index (χ0v) is 4.67. The summed E-state index contributed by atoms with van der Waals surface area (Å²) in [6, 6.07) is 0. The van der Waals surface area contributed by atoms with Crippen LogP contribution in [0.15, 0.2) is 0 Å². The second-order valence-electron chi connectivity index (χ2n) is 1.05. The third-order valence-electron chi connectivity index (χ3n) is 0.457. The maximum Gasteiger partial charge on any atom is 0.306 e. The summed E-state index contributed by atoms with van der Waals surface area (Å²) in [6.45, 7) is 0. The Morgan fingerprint density at radius 1 is 1.67 bits per heavy atom. The molecule has 0 saturated heterocycles. The summed E-state index contributed by atoms with van der Waals surface area (Å²) in [5.41, 5.74) is 0. The van der Waals surface area contributed by atoms with Crippen molar-refractivity contribution in [2.45, 2.75) is 12.7 Å². The minimum atomic E-state index is -3.31. The number of carboxylic acid groups (broad SMARTS) is 1. The summed E-state index contributed by atoms with van der Waals surface area (Å²) < 4.78 is 31.4. The third kappa shape index (κ3) is 4.80. The summed E-state index contributed by atoms with van der Waals surface area (Å²) in [7, 11) is 0.845. The zero-order valence-electron chi connectivity index (χ0n) is 8.67. The van der Waals surface area contributed by atoms with Crippen LogP contribution in [0.25, 0.3) is 0 Å². The molecule has 4 heteroatoms. The van der Waals surface area contributed by atoms with E-state index in [1.54, 1.807) is 0 Å². The molecule has 0 aromatic heterocycles. The number of rotatable bonds is 3.